The summed E-state index contributed by atoms with van der Waals surface area (Å²) in [6.07, 6.45) is 2.00. The highest BCUT2D eigenvalue weighted by Crippen LogP contribution is 2.10. The summed E-state index contributed by atoms with van der Waals surface area (Å²) >= 11 is 3.35. The summed E-state index contributed by atoms with van der Waals surface area (Å²) in [5, 5.41) is 2.77. The molecule has 1 heterocycles. The van der Waals surface area contributed by atoms with Gasteiger partial charge >= 0.3 is 0 Å². The first kappa shape index (κ1) is 14.5. The van der Waals surface area contributed by atoms with Crippen molar-refractivity contribution in [1.29, 1.82) is 0 Å². The lowest BCUT2D eigenvalue weighted by Crippen LogP contribution is -2.29. The van der Waals surface area contributed by atoms with E-state index in [1.807, 2.05) is 24.3 Å². The van der Waals surface area contributed by atoms with E-state index in [1.165, 1.54) is 4.57 Å². The van der Waals surface area contributed by atoms with E-state index in [2.05, 4.69) is 21.2 Å². The second kappa shape index (κ2) is 6.52. The van der Waals surface area contributed by atoms with Gasteiger partial charge in [0.15, 0.2) is 0 Å². The third-order valence-corrected chi connectivity index (χ3v) is 3.48. The molecule has 1 aromatic carbocycles. The Morgan fingerprint density at radius 2 is 1.95 bits per heavy atom. The van der Waals surface area contributed by atoms with Crippen LogP contribution in [-0.4, -0.2) is 10.5 Å². The summed E-state index contributed by atoms with van der Waals surface area (Å²) in [7, 11) is 1.69. The maximum absolute atomic E-state index is 11.8. The molecule has 1 N–H and O–H groups in total. The fourth-order valence-electron chi connectivity index (χ4n) is 1.83. The standard InChI is InChI=1S/C15H15BrN2O2/c1-18-8-2-3-12(15(18)20)10-17-14(19)9-11-4-6-13(16)7-5-11/h2-8H,9-10H2,1H3,(H,17,19). The Morgan fingerprint density at radius 3 is 2.65 bits per heavy atom. The van der Waals surface area contributed by atoms with Crippen molar-refractivity contribution in [2.45, 2.75) is 13.0 Å². The zero-order valence-corrected chi connectivity index (χ0v) is 12.7. The Bertz CT molecular complexity index is 662. The quantitative estimate of drug-likeness (QED) is 0.929. The molecule has 4 nitrogen and oxygen atoms in total. The minimum absolute atomic E-state index is 0.0866. The van der Waals surface area contributed by atoms with Crippen molar-refractivity contribution in [2.75, 3.05) is 0 Å². The molecule has 0 atom stereocenters. The maximum Gasteiger partial charge on any atom is 0.255 e. The number of nitrogens with zero attached hydrogens (tertiary/aromatic N) is 1. The second-order valence-electron chi connectivity index (χ2n) is 4.53. The molecule has 1 aromatic heterocycles. The van der Waals surface area contributed by atoms with Crippen molar-refractivity contribution >= 4 is 21.8 Å². The van der Waals surface area contributed by atoms with Crippen LogP contribution in [0.1, 0.15) is 11.1 Å². The molecule has 0 radical (unpaired) electrons. The van der Waals surface area contributed by atoms with E-state index in [1.54, 1.807) is 25.4 Å². The lowest BCUT2D eigenvalue weighted by atomic mass is 10.1. The van der Waals surface area contributed by atoms with Crippen LogP contribution >= 0.6 is 15.9 Å². The highest BCUT2D eigenvalue weighted by molar-refractivity contribution is 9.10. The van der Waals surface area contributed by atoms with E-state index in [0.717, 1.165) is 10.0 Å². The van der Waals surface area contributed by atoms with Crippen molar-refractivity contribution in [2.24, 2.45) is 7.05 Å². The van der Waals surface area contributed by atoms with Gasteiger partial charge < -0.3 is 9.88 Å². The van der Waals surface area contributed by atoms with Crippen LogP contribution in [0.3, 0.4) is 0 Å². The molecule has 1 amide bonds. The number of pyridine rings is 1. The lowest BCUT2D eigenvalue weighted by Gasteiger charge is -2.06. The monoisotopic (exact) mass is 334 g/mol. The first-order valence-corrected chi connectivity index (χ1v) is 7.01. The van der Waals surface area contributed by atoms with E-state index >= 15 is 0 Å². The number of rotatable bonds is 4. The van der Waals surface area contributed by atoms with Gasteiger partial charge in [-0.15, -0.1) is 0 Å². The number of hydrogen-bond donors (Lipinski definition) is 1. The van der Waals surface area contributed by atoms with Crippen LogP contribution < -0.4 is 10.9 Å². The maximum atomic E-state index is 11.8. The summed E-state index contributed by atoms with van der Waals surface area (Å²) in [6.45, 7) is 0.253. The van der Waals surface area contributed by atoms with Gasteiger partial charge in [-0.25, -0.2) is 0 Å². The fraction of sp³-hybridized carbons (Fsp3) is 0.200. The van der Waals surface area contributed by atoms with Crippen molar-refractivity contribution < 1.29 is 4.79 Å². The Kier molecular flexibility index (Phi) is 4.74. The summed E-state index contributed by atoms with van der Waals surface area (Å²) < 4.78 is 2.48. The van der Waals surface area contributed by atoms with Crippen LogP contribution in [0.4, 0.5) is 0 Å². The van der Waals surface area contributed by atoms with Gasteiger partial charge in [0.2, 0.25) is 5.91 Å². The normalized spacial score (nSPS) is 10.3. The average molecular weight is 335 g/mol. The number of aromatic nitrogens is 1. The fourth-order valence-corrected chi connectivity index (χ4v) is 2.10. The highest BCUT2D eigenvalue weighted by Gasteiger charge is 2.05. The van der Waals surface area contributed by atoms with Crippen LogP contribution in [-0.2, 0) is 24.8 Å². The van der Waals surface area contributed by atoms with E-state index in [0.29, 0.717) is 12.0 Å². The first-order chi connectivity index (χ1) is 9.56. The zero-order valence-electron chi connectivity index (χ0n) is 11.1. The van der Waals surface area contributed by atoms with E-state index in [-0.39, 0.29) is 18.0 Å². The number of halogens is 1. The Morgan fingerprint density at radius 1 is 1.25 bits per heavy atom. The van der Waals surface area contributed by atoms with E-state index in [9.17, 15) is 9.59 Å². The van der Waals surface area contributed by atoms with Crippen LogP contribution in [0.25, 0.3) is 0 Å². The predicted octanol–water partition coefficient (Wildman–Crippen LogP) is 2.01. The summed E-state index contributed by atoms with van der Waals surface area (Å²) in [5.41, 5.74) is 1.43. The molecule has 0 aliphatic rings. The van der Waals surface area contributed by atoms with Crippen molar-refractivity contribution in [3.63, 3.8) is 0 Å². The molecule has 2 aromatic rings. The summed E-state index contributed by atoms with van der Waals surface area (Å²) in [5.74, 6) is -0.0989. The number of carbonyl (C=O) groups excluding carboxylic acids is 1. The summed E-state index contributed by atoms with van der Waals surface area (Å²) in [4.78, 5) is 23.6. The van der Waals surface area contributed by atoms with Gasteiger partial charge in [-0.05, 0) is 23.8 Å². The second-order valence-corrected chi connectivity index (χ2v) is 5.45. The molecule has 0 saturated heterocycles. The molecular weight excluding hydrogens is 320 g/mol. The predicted molar refractivity (Wildman–Crippen MR) is 81.4 cm³/mol. The number of benzene rings is 1. The Balaban J connectivity index is 1.94. The van der Waals surface area contributed by atoms with Crippen molar-refractivity contribution in [3.05, 3.63) is 68.5 Å². The molecule has 20 heavy (non-hydrogen) atoms. The molecule has 104 valence electrons. The molecule has 0 unspecified atom stereocenters. The molecular formula is C15H15BrN2O2. The van der Waals surface area contributed by atoms with Crippen LogP contribution in [0.15, 0.2) is 51.9 Å². The number of nitrogens with one attached hydrogen (secondary N) is 1. The molecule has 5 heteroatoms. The molecule has 0 bridgehead atoms. The number of amides is 1. The van der Waals surface area contributed by atoms with Gasteiger partial charge in [0, 0.05) is 29.8 Å². The number of carbonyl (C=O) groups is 1. The van der Waals surface area contributed by atoms with Gasteiger partial charge in [-0.1, -0.05) is 34.1 Å². The SMILES string of the molecule is Cn1cccc(CNC(=O)Cc2ccc(Br)cc2)c1=O. The highest BCUT2D eigenvalue weighted by atomic mass is 79.9. The Hall–Kier alpha value is -1.88. The number of hydrogen-bond acceptors (Lipinski definition) is 2. The molecule has 2 rings (SSSR count). The van der Waals surface area contributed by atoms with Gasteiger partial charge in [0.05, 0.1) is 6.42 Å². The molecule has 0 aliphatic heterocycles. The minimum atomic E-state index is -0.0989. The molecule has 0 spiro atoms. The third-order valence-electron chi connectivity index (χ3n) is 2.96. The van der Waals surface area contributed by atoms with Crippen LogP contribution in [0, 0.1) is 0 Å². The zero-order chi connectivity index (χ0) is 14.5. The minimum Gasteiger partial charge on any atom is -0.352 e. The topological polar surface area (TPSA) is 51.1 Å². The van der Waals surface area contributed by atoms with Gasteiger partial charge in [0.1, 0.15) is 0 Å². The smallest absolute Gasteiger partial charge is 0.255 e. The van der Waals surface area contributed by atoms with Crippen LogP contribution in [0.2, 0.25) is 0 Å². The van der Waals surface area contributed by atoms with E-state index < -0.39 is 0 Å². The van der Waals surface area contributed by atoms with E-state index in [4.69, 9.17) is 0 Å². The molecule has 0 aliphatic carbocycles. The van der Waals surface area contributed by atoms with Gasteiger partial charge in [0.25, 0.3) is 5.56 Å². The van der Waals surface area contributed by atoms with Crippen molar-refractivity contribution in [1.82, 2.24) is 9.88 Å². The molecule has 0 saturated carbocycles. The Labute approximate surface area is 125 Å². The number of aryl methyl sites for hydroxylation is 1. The third kappa shape index (κ3) is 3.81. The summed E-state index contributed by atoms with van der Waals surface area (Å²) in [6, 6.07) is 11.1. The molecule has 0 fully saturated rings. The lowest BCUT2D eigenvalue weighted by molar-refractivity contribution is -0.120. The van der Waals surface area contributed by atoms with Gasteiger partial charge in [-0.2, -0.15) is 0 Å². The van der Waals surface area contributed by atoms with Crippen LogP contribution in [0.5, 0.6) is 0 Å². The van der Waals surface area contributed by atoms with Gasteiger partial charge in [-0.3, -0.25) is 9.59 Å². The largest absolute Gasteiger partial charge is 0.352 e. The first-order valence-electron chi connectivity index (χ1n) is 6.22. The average Bonchev–Trinajstić information content (AvgIpc) is 2.43. The van der Waals surface area contributed by atoms with Crippen molar-refractivity contribution in [3.8, 4) is 0 Å².